The summed E-state index contributed by atoms with van der Waals surface area (Å²) in [6.45, 7) is 0.674. The first-order valence-electron chi connectivity index (χ1n) is 5.88. The standard InChI is InChI=1S/C14H14O3S2/c15-14(16)13-9-12(10-19-13)18-8-4-7-17-11-5-2-1-3-6-11/h1-3,5-6,9-10H,4,7-8H2,(H,15,16). The largest absolute Gasteiger partial charge is 0.494 e. The molecule has 0 spiro atoms. The number of carboxylic acids is 1. The summed E-state index contributed by atoms with van der Waals surface area (Å²) in [5, 5.41) is 10.7. The van der Waals surface area contributed by atoms with E-state index in [1.54, 1.807) is 17.8 Å². The van der Waals surface area contributed by atoms with Crippen molar-refractivity contribution in [3.63, 3.8) is 0 Å². The molecule has 0 unspecified atom stereocenters. The molecule has 0 saturated heterocycles. The molecule has 3 nitrogen and oxygen atoms in total. The monoisotopic (exact) mass is 294 g/mol. The van der Waals surface area contributed by atoms with E-state index < -0.39 is 5.97 Å². The van der Waals surface area contributed by atoms with E-state index >= 15 is 0 Å². The molecule has 1 aromatic heterocycles. The van der Waals surface area contributed by atoms with E-state index in [1.807, 2.05) is 35.7 Å². The number of carbonyl (C=O) groups is 1. The van der Waals surface area contributed by atoms with Crippen LogP contribution in [0, 0.1) is 0 Å². The number of hydrogen-bond donors (Lipinski definition) is 1. The van der Waals surface area contributed by atoms with E-state index in [-0.39, 0.29) is 0 Å². The van der Waals surface area contributed by atoms with Crippen LogP contribution in [0.4, 0.5) is 0 Å². The lowest BCUT2D eigenvalue weighted by Crippen LogP contribution is -1.98. The van der Waals surface area contributed by atoms with Gasteiger partial charge in [-0.15, -0.1) is 23.1 Å². The van der Waals surface area contributed by atoms with Gasteiger partial charge in [0.25, 0.3) is 0 Å². The van der Waals surface area contributed by atoms with Crippen molar-refractivity contribution in [1.82, 2.24) is 0 Å². The molecule has 1 heterocycles. The third kappa shape index (κ3) is 4.61. The number of aromatic carboxylic acids is 1. The molecule has 19 heavy (non-hydrogen) atoms. The van der Waals surface area contributed by atoms with Crippen LogP contribution in [0.1, 0.15) is 16.1 Å². The zero-order valence-corrected chi connectivity index (χ0v) is 11.9. The highest BCUT2D eigenvalue weighted by molar-refractivity contribution is 7.99. The molecule has 0 aliphatic rings. The molecule has 2 rings (SSSR count). The second kappa shape index (κ2) is 7.21. The van der Waals surface area contributed by atoms with Gasteiger partial charge in [-0.1, -0.05) is 18.2 Å². The maximum Gasteiger partial charge on any atom is 0.345 e. The predicted octanol–water partition coefficient (Wildman–Crippen LogP) is 4.01. The second-order valence-corrected chi connectivity index (χ2v) is 5.89. The lowest BCUT2D eigenvalue weighted by molar-refractivity contribution is 0.0702. The number of carboxylic acid groups (broad SMARTS) is 1. The Labute approximate surface area is 120 Å². The fourth-order valence-corrected chi connectivity index (χ4v) is 3.26. The molecular formula is C14H14O3S2. The number of rotatable bonds is 7. The minimum absolute atomic E-state index is 0.392. The number of hydrogen-bond acceptors (Lipinski definition) is 4. The normalized spacial score (nSPS) is 10.3. The zero-order chi connectivity index (χ0) is 13.5. The van der Waals surface area contributed by atoms with Crippen LogP contribution >= 0.6 is 23.1 Å². The third-order valence-electron chi connectivity index (χ3n) is 2.36. The van der Waals surface area contributed by atoms with Crippen LogP contribution in [0.25, 0.3) is 0 Å². The maximum atomic E-state index is 10.7. The number of thiophene rings is 1. The van der Waals surface area contributed by atoms with Crippen LogP contribution in [-0.2, 0) is 0 Å². The van der Waals surface area contributed by atoms with E-state index in [0.717, 1.165) is 22.8 Å². The minimum atomic E-state index is -0.857. The first kappa shape index (κ1) is 14.0. The lowest BCUT2D eigenvalue weighted by Gasteiger charge is -2.04. The number of para-hydroxylation sites is 1. The Hall–Kier alpha value is -1.46. The Balaban J connectivity index is 1.65. The third-order valence-corrected chi connectivity index (χ3v) is 4.48. The van der Waals surface area contributed by atoms with Crippen molar-refractivity contribution in [2.75, 3.05) is 12.4 Å². The van der Waals surface area contributed by atoms with E-state index in [4.69, 9.17) is 9.84 Å². The highest BCUT2D eigenvalue weighted by Gasteiger charge is 2.06. The van der Waals surface area contributed by atoms with Gasteiger partial charge < -0.3 is 9.84 Å². The smallest absolute Gasteiger partial charge is 0.345 e. The number of ether oxygens (including phenoxy) is 1. The van der Waals surface area contributed by atoms with E-state index in [9.17, 15) is 4.79 Å². The molecule has 0 radical (unpaired) electrons. The predicted molar refractivity (Wildman–Crippen MR) is 78.6 cm³/mol. The molecule has 0 saturated carbocycles. The van der Waals surface area contributed by atoms with Gasteiger partial charge in [-0.2, -0.15) is 0 Å². The van der Waals surface area contributed by atoms with Gasteiger partial charge >= 0.3 is 5.97 Å². The van der Waals surface area contributed by atoms with Crippen molar-refractivity contribution in [2.45, 2.75) is 11.3 Å². The Bertz CT molecular complexity index is 522. The summed E-state index contributed by atoms with van der Waals surface area (Å²) in [6.07, 6.45) is 0.928. The van der Waals surface area contributed by atoms with Gasteiger partial charge in [-0.25, -0.2) is 4.79 Å². The summed E-state index contributed by atoms with van der Waals surface area (Å²) in [6, 6.07) is 11.4. The van der Waals surface area contributed by atoms with E-state index in [1.165, 1.54) is 11.3 Å². The molecule has 5 heteroatoms. The topological polar surface area (TPSA) is 46.5 Å². The Morgan fingerprint density at radius 3 is 2.79 bits per heavy atom. The summed E-state index contributed by atoms with van der Waals surface area (Å²) < 4.78 is 5.58. The van der Waals surface area contributed by atoms with Crippen LogP contribution in [-0.4, -0.2) is 23.4 Å². The van der Waals surface area contributed by atoms with E-state index in [2.05, 4.69) is 0 Å². The summed E-state index contributed by atoms with van der Waals surface area (Å²) in [5.41, 5.74) is 0. The zero-order valence-electron chi connectivity index (χ0n) is 10.2. The van der Waals surface area contributed by atoms with Gasteiger partial charge in [-0.05, 0) is 24.6 Å². The van der Waals surface area contributed by atoms with Gasteiger partial charge in [0.1, 0.15) is 10.6 Å². The van der Waals surface area contributed by atoms with Gasteiger partial charge in [0, 0.05) is 16.0 Å². The molecule has 0 bridgehead atoms. The maximum absolute atomic E-state index is 10.7. The summed E-state index contributed by atoms with van der Waals surface area (Å²) in [7, 11) is 0. The highest BCUT2D eigenvalue weighted by atomic mass is 32.2. The number of thioether (sulfide) groups is 1. The van der Waals surface area contributed by atoms with E-state index in [0.29, 0.717) is 11.5 Å². The fraction of sp³-hybridized carbons (Fsp3) is 0.214. The summed E-state index contributed by atoms with van der Waals surface area (Å²) in [5.74, 6) is 0.947. The molecule has 0 fully saturated rings. The second-order valence-electron chi connectivity index (χ2n) is 3.82. The molecule has 0 atom stereocenters. The molecule has 1 aromatic carbocycles. The van der Waals surface area contributed by atoms with Crippen molar-refractivity contribution >= 4 is 29.1 Å². The Morgan fingerprint density at radius 1 is 1.32 bits per heavy atom. The van der Waals surface area contributed by atoms with Crippen LogP contribution in [0.5, 0.6) is 5.75 Å². The Morgan fingerprint density at radius 2 is 2.11 bits per heavy atom. The van der Waals surface area contributed by atoms with Gasteiger partial charge in [0.2, 0.25) is 0 Å². The Kier molecular flexibility index (Phi) is 5.30. The fourth-order valence-electron chi connectivity index (χ4n) is 1.46. The lowest BCUT2D eigenvalue weighted by atomic mass is 10.3. The van der Waals surface area contributed by atoms with Gasteiger partial charge in [0.15, 0.2) is 0 Å². The van der Waals surface area contributed by atoms with Crippen molar-refractivity contribution in [2.24, 2.45) is 0 Å². The summed E-state index contributed by atoms with van der Waals surface area (Å²) >= 11 is 2.93. The molecule has 1 N–H and O–H groups in total. The molecule has 100 valence electrons. The van der Waals surface area contributed by atoms with Crippen LogP contribution < -0.4 is 4.74 Å². The van der Waals surface area contributed by atoms with Crippen molar-refractivity contribution in [3.05, 3.63) is 46.7 Å². The van der Waals surface area contributed by atoms with Crippen LogP contribution in [0.2, 0.25) is 0 Å². The van der Waals surface area contributed by atoms with Gasteiger partial charge in [-0.3, -0.25) is 0 Å². The SMILES string of the molecule is O=C(O)c1cc(SCCCOc2ccccc2)cs1. The molecular weight excluding hydrogens is 280 g/mol. The average Bonchev–Trinajstić information content (AvgIpc) is 2.89. The van der Waals surface area contributed by atoms with Crippen molar-refractivity contribution in [1.29, 1.82) is 0 Å². The average molecular weight is 294 g/mol. The van der Waals surface area contributed by atoms with Gasteiger partial charge in [0.05, 0.1) is 6.61 Å². The van der Waals surface area contributed by atoms with Crippen molar-refractivity contribution < 1.29 is 14.6 Å². The first-order valence-corrected chi connectivity index (χ1v) is 7.75. The van der Waals surface area contributed by atoms with Crippen LogP contribution in [0.15, 0.2) is 46.7 Å². The molecule has 0 aliphatic heterocycles. The molecule has 2 aromatic rings. The van der Waals surface area contributed by atoms with Crippen LogP contribution in [0.3, 0.4) is 0 Å². The first-order chi connectivity index (χ1) is 9.25. The highest BCUT2D eigenvalue weighted by Crippen LogP contribution is 2.25. The summed E-state index contributed by atoms with van der Waals surface area (Å²) in [4.78, 5) is 12.1. The molecule has 0 aliphatic carbocycles. The molecule has 0 amide bonds. The minimum Gasteiger partial charge on any atom is -0.494 e. The number of benzene rings is 1. The quantitative estimate of drug-likeness (QED) is 0.619. The van der Waals surface area contributed by atoms with Crippen molar-refractivity contribution in [3.8, 4) is 5.75 Å².